The van der Waals surface area contributed by atoms with Crippen molar-refractivity contribution >= 4 is 5.69 Å². The lowest BCUT2D eigenvalue weighted by molar-refractivity contribution is 0.825. The van der Waals surface area contributed by atoms with E-state index in [4.69, 9.17) is 5.26 Å². The summed E-state index contributed by atoms with van der Waals surface area (Å²) in [7, 11) is 0. The second-order valence-corrected chi connectivity index (χ2v) is 3.98. The Morgan fingerprint density at radius 3 is 2.53 bits per heavy atom. The molecule has 0 fully saturated rings. The quantitative estimate of drug-likeness (QED) is 0.810. The van der Waals surface area contributed by atoms with Gasteiger partial charge in [0, 0.05) is 5.69 Å². The largest absolute Gasteiger partial charge is 0.370 e. The van der Waals surface area contributed by atoms with Crippen molar-refractivity contribution in [2.45, 2.75) is 39.2 Å². The zero-order chi connectivity index (χ0) is 11.3. The minimum absolute atomic E-state index is 0.0927. The summed E-state index contributed by atoms with van der Waals surface area (Å²) in [6, 6.07) is 10.3. The van der Waals surface area contributed by atoms with E-state index in [1.165, 1.54) is 5.56 Å². The van der Waals surface area contributed by atoms with E-state index < -0.39 is 0 Å². The summed E-state index contributed by atoms with van der Waals surface area (Å²) in [6.07, 6.45) is 0.822. The number of nitrogens with one attached hydrogen (secondary N) is 1. The van der Waals surface area contributed by atoms with E-state index in [0.717, 1.165) is 12.1 Å². The van der Waals surface area contributed by atoms with Gasteiger partial charge in [-0.15, -0.1) is 0 Å². The first kappa shape index (κ1) is 11.6. The molecule has 0 radical (unpaired) electrons. The summed E-state index contributed by atoms with van der Waals surface area (Å²) < 4.78 is 0. The Bertz CT molecular complexity index is 350. The van der Waals surface area contributed by atoms with E-state index in [0.29, 0.717) is 5.92 Å². The number of rotatable bonds is 4. The van der Waals surface area contributed by atoms with Gasteiger partial charge in [-0.2, -0.15) is 5.26 Å². The molecule has 0 saturated carbocycles. The molecule has 1 rings (SSSR count). The van der Waals surface area contributed by atoms with E-state index in [1.54, 1.807) is 0 Å². The molecular weight excluding hydrogens is 184 g/mol. The molecule has 1 N–H and O–H groups in total. The highest BCUT2D eigenvalue weighted by molar-refractivity contribution is 5.53. The van der Waals surface area contributed by atoms with Gasteiger partial charge in [-0.3, -0.25) is 0 Å². The van der Waals surface area contributed by atoms with Gasteiger partial charge in [-0.25, -0.2) is 0 Å². The molecule has 1 unspecified atom stereocenters. The standard InChI is InChI=1S/C13H18N2/c1-4-11(9-14)15-13-8-6-5-7-12(13)10(2)3/h5-8,10-11,15H,4H2,1-3H3. The SMILES string of the molecule is CCC(C#N)Nc1ccccc1C(C)C. The number of nitriles is 1. The number of nitrogens with zero attached hydrogens (tertiary/aromatic N) is 1. The lowest BCUT2D eigenvalue weighted by Gasteiger charge is -2.16. The normalized spacial score (nSPS) is 12.2. The fourth-order valence-corrected chi connectivity index (χ4v) is 1.55. The molecule has 0 aliphatic heterocycles. The molecule has 2 nitrogen and oxygen atoms in total. The zero-order valence-electron chi connectivity index (χ0n) is 9.62. The molecule has 0 saturated heterocycles. The molecule has 0 bridgehead atoms. The van der Waals surface area contributed by atoms with Crippen molar-refractivity contribution in [1.29, 1.82) is 5.26 Å². The maximum Gasteiger partial charge on any atom is 0.114 e. The number of hydrogen-bond acceptors (Lipinski definition) is 2. The summed E-state index contributed by atoms with van der Waals surface area (Å²) in [5.74, 6) is 0.477. The van der Waals surface area contributed by atoms with Gasteiger partial charge in [0.15, 0.2) is 0 Å². The molecule has 80 valence electrons. The van der Waals surface area contributed by atoms with Crippen molar-refractivity contribution in [1.82, 2.24) is 0 Å². The van der Waals surface area contributed by atoms with Crippen LogP contribution in [-0.2, 0) is 0 Å². The summed E-state index contributed by atoms with van der Waals surface area (Å²) in [6.45, 7) is 6.33. The van der Waals surface area contributed by atoms with Crippen LogP contribution in [-0.4, -0.2) is 6.04 Å². The first-order valence-corrected chi connectivity index (χ1v) is 5.44. The first-order valence-electron chi connectivity index (χ1n) is 5.44. The van der Waals surface area contributed by atoms with Gasteiger partial charge < -0.3 is 5.32 Å². The Labute approximate surface area is 91.9 Å². The minimum atomic E-state index is -0.0927. The lowest BCUT2D eigenvalue weighted by atomic mass is 10.0. The van der Waals surface area contributed by atoms with Crippen LogP contribution in [0.1, 0.15) is 38.7 Å². The molecule has 0 amide bonds. The second-order valence-electron chi connectivity index (χ2n) is 3.98. The number of para-hydroxylation sites is 1. The molecule has 1 atom stereocenters. The Morgan fingerprint density at radius 2 is 2.00 bits per heavy atom. The summed E-state index contributed by atoms with van der Waals surface area (Å²) in [4.78, 5) is 0. The van der Waals surface area contributed by atoms with E-state index in [9.17, 15) is 0 Å². The lowest BCUT2D eigenvalue weighted by Crippen LogP contribution is -2.17. The molecule has 1 aromatic carbocycles. The van der Waals surface area contributed by atoms with Crippen molar-refractivity contribution in [3.8, 4) is 6.07 Å². The third-order valence-corrected chi connectivity index (χ3v) is 2.48. The predicted octanol–water partition coefficient (Wildman–Crippen LogP) is 3.52. The van der Waals surface area contributed by atoms with Crippen LogP contribution in [0, 0.1) is 11.3 Å². The Morgan fingerprint density at radius 1 is 1.33 bits per heavy atom. The summed E-state index contributed by atoms with van der Waals surface area (Å²) in [5.41, 5.74) is 2.35. The van der Waals surface area contributed by atoms with E-state index in [2.05, 4.69) is 31.3 Å². The van der Waals surface area contributed by atoms with Gasteiger partial charge in [0.1, 0.15) is 6.04 Å². The van der Waals surface area contributed by atoms with Crippen molar-refractivity contribution in [3.63, 3.8) is 0 Å². The molecule has 15 heavy (non-hydrogen) atoms. The number of benzene rings is 1. The topological polar surface area (TPSA) is 35.8 Å². The van der Waals surface area contributed by atoms with Gasteiger partial charge in [0.2, 0.25) is 0 Å². The second kappa shape index (κ2) is 5.41. The molecule has 0 aliphatic carbocycles. The monoisotopic (exact) mass is 202 g/mol. The van der Waals surface area contributed by atoms with Crippen LogP contribution in [0.15, 0.2) is 24.3 Å². The third-order valence-electron chi connectivity index (χ3n) is 2.48. The Kier molecular flexibility index (Phi) is 4.17. The molecule has 0 spiro atoms. The van der Waals surface area contributed by atoms with Crippen LogP contribution in [0.25, 0.3) is 0 Å². The third kappa shape index (κ3) is 2.99. The molecular formula is C13H18N2. The predicted molar refractivity (Wildman–Crippen MR) is 63.8 cm³/mol. The number of anilines is 1. The average Bonchev–Trinajstić information content (AvgIpc) is 2.26. The van der Waals surface area contributed by atoms with Crippen molar-refractivity contribution in [2.24, 2.45) is 0 Å². The van der Waals surface area contributed by atoms with Crippen LogP contribution in [0.3, 0.4) is 0 Å². The fraction of sp³-hybridized carbons (Fsp3) is 0.462. The zero-order valence-corrected chi connectivity index (χ0v) is 9.62. The Balaban J connectivity index is 2.89. The highest BCUT2D eigenvalue weighted by atomic mass is 14.9. The van der Waals surface area contributed by atoms with Crippen LogP contribution in [0.2, 0.25) is 0 Å². The van der Waals surface area contributed by atoms with Crippen molar-refractivity contribution in [2.75, 3.05) is 5.32 Å². The van der Waals surface area contributed by atoms with Crippen molar-refractivity contribution in [3.05, 3.63) is 29.8 Å². The average molecular weight is 202 g/mol. The first-order chi connectivity index (χ1) is 7.19. The van der Waals surface area contributed by atoms with Gasteiger partial charge in [0.05, 0.1) is 6.07 Å². The maximum absolute atomic E-state index is 8.90. The van der Waals surface area contributed by atoms with Crippen molar-refractivity contribution < 1.29 is 0 Å². The molecule has 0 aliphatic rings. The summed E-state index contributed by atoms with van der Waals surface area (Å²) >= 11 is 0. The smallest absolute Gasteiger partial charge is 0.114 e. The maximum atomic E-state index is 8.90. The molecule has 1 aromatic rings. The van der Waals surface area contributed by atoms with Gasteiger partial charge in [0.25, 0.3) is 0 Å². The van der Waals surface area contributed by atoms with Gasteiger partial charge >= 0.3 is 0 Å². The molecule has 0 heterocycles. The van der Waals surface area contributed by atoms with Crippen LogP contribution < -0.4 is 5.32 Å². The minimum Gasteiger partial charge on any atom is -0.370 e. The van der Waals surface area contributed by atoms with E-state index in [1.807, 2.05) is 25.1 Å². The highest BCUT2D eigenvalue weighted by Crippen LogP contribution is 2.24. The molecule has 2 heteroatoms. The van der Waals surface area contributed by atoms with E-state index >= 15 is 0 Å². The molecule has 0 aromatic heterocycles. The fourth-order valence-electron chi connectivity index (χ4n) is 1.55. The summed E-state index contributed by atoms with van der Waals surface area (Å²) in [5, 5.41) is 12.2. The van der Waals surface area contributed by atoms with Gasteiger partial charge in [-0.05, 0) is 24.0 Å². The van der Waals surface area contributed by atoms with Crippen LogP contribution in [0.5, 0.6) is 0 Å². The van der Waals surface area contributed by atoms with E-state index in [-0.39, 0.29) is 6.04 Å². The number of hydrogen-bond donors (Lipinski definition) is 1. The Hall–Kier alpha value is -1.49. The van der Waals surface area contributed by atoms with Gasteiger partial charge in [-0.1, -0.05) is 39.0 Å². The highest BCUT2D eigenvalue weighted by Gasteiger charge is 2.09. The van der Waals surface area contributed by atoms with Crippen LogP contribution in [0.4, 0.5) is 5.69 Å². The van der Waals surface area contributed by atoms with Crippen LogP contribution >= 0.6 is 0 Å².